The molecule has 0 bridgehead atoms. The van der Waals surface area contributed by atoms with Crippen LogP contribution in [0.25, 0.3) is 0 Å². The van der Waals surface area contributed by atoms with Gasteiger partial charge in [-0.25, -0.2) is 0 Å². The van der Waals surface area contributed by atoms with Crippen molar-refractivity contribution in [3.63, 3.8) is 0 Å². The van der Waals surface area contributed by atoms with Crippen LogP contribution in [0.5, 0.6) is 11.5 Å². The van der Waals surface area contributed by atoms with E-state index in [9.17, 15) is 5.11 Å². The normalized spacial score (nSPS) is 25.1. The lowest BCUT2D eigenvalue weighted by Crippen LogP contribution is -2.41. The Kier molecular flexibility index (Phi) is 5.12. The van der Waals surface area contributed by atoms with E-state index in [2.05, 4.69) is 19.2 Å². The van der Waals surface area contributed by atoms with E-state index >= 15 is 0 Å². The molecule has 1 saturated carbocycles. The molecule has 2 N–H and O–H groups in total. The van der Waals surface area contributed by atoms with Crippen molar-refractivity contribution in [2.24, 2.45) is 5.41 Å². The predicted octanol–water partition coefficient (Wildman–Crippen LogP) is 2.65. The first kappa shape index (κ1) is 16.1. The van der Waals surface area contributed by atoms with Gasteiger partial charge in [0.25, 0.3) is 0 Å². The Morgan fingerprint density at radius 1 is 1.29 bits per heavy atom. The van der Waals surface area contributed by atoms with Crippen LogP contribution in [0.15, 0.2) is 12.1 Å². The monoisotopic (exact) mass is 293 g/mol. The molecule has 4 heteroatoms. The van der Waals surface area contributed by atoms with Gasteiger partial charge < -0.3 is 19.9 Å². The summed E-state index contributed by atoms with van der Waals surface area (Å²) in [5.41, 5.74) is 2.40. The van der Waals surface area contributed by atoms with E-state index < -0.39 is 0 Å². The third kappa shape index (κ3) is 3.33. The van der Waals surface area contributed by atoms with E-state index in [-0.39, 0.29) is 12.0 Å². The minimum Gasteiger partial charge on any atom is -0.493 e. The second-order valence-corrected chi connectivity index (χ2v) is 6.27. The summed E-state index contributed by atoms with van der Waals surface area (Å²) < 4.78 is 10.7. The van der Waals surface area contributed by atoms with Gasteiger partial charge in [-0.05, 0) is 43.0 Å². The van der Waals surface area contributed by atoms with Gasteiger partial charge in [-0.1, -0.05) is 13.3 Å². The summed E-state index contributed by atoms with van der Waals surface area (Å²) in [5, 5.41) is 13.2. The highest BCUT2D eigenvalue weighted by Gasteiger charge is 2.37. The molecular weight excluding hydrogens is 266 g/mol. The Balaban J connectivity index is 2.10. The van der Waals surface area contributed by atoms with E-state index in [1.54, 1.807) is 14.2 Å². The van der Waals surface area contributed by atoms with Crippen molar-refractivity contribution in [1.82, 2.24) is 5.32 Å². The van der Waals surface area contributed by atoms with E-state index in [0.717, 1.165) is 30.9 Å². The van der Waals surface area contributed by atoms with Crippen LogP contribution in [0, 0.1) is 12.3 Å². The second-order valence-electron chi connectivity index (χ2n) is 6.27. The molecule has 1 aliphatic rings. The van der Waals surface area contributed by atoms with Gasteiger partial charge in [-0.2, -0.15) is 0 Å². The maximum atomic E-state index is 9.62. The molecule has 1 aromatic carbocycles. The Morgan fingerprint density at radius 3 is 2.57 bits per heavy atom. The fourth-order valence-corrected chi connectivity index (χ4v) is 3.22. The van der Waals surface area contributed by atoms with Gasteiger partial charge in [0.15, 0.2) is 11.5 Å². The third-order valence-corrected chi connectivity index (χ3v) is 4.82. The predicted molar refractivity (Wildman–Crippen MR) is 84.0 cm³/mol. The molecule has 2 rings (SSSR count). The Labute approximate surface area is 127 Å². The second kappa shape index (κ2) is 6.67. The summed E-state index contributed by atoms with van der Waals surface area (Å²) in [7, 11) is 3.31. The summed E-state index contributed by atoms with van der Waals surface area (Å²) >= 11 is 0. The average Bonchev–Trinajstić information content (AvgIpc) is 2.87. The summed E-state index contributed by atoms with van der Waals surface area (Å²) in [5.74, 6) is 1.52. The molecule has 1 aromatic rings. The van der Waals surface area contributed by atoms with Gasteiger partial charge >= 0.3 is 0 Å². The highest BCUT2D eigenvalue weighted by molar-refractivity contribution is 5.47. The van der Waals surface area contributed by atoms with Crippen LogP contribution in [0.4, 0.5) is 0 Å². The minimum atomic E-state index is 0.00443. The SMILES string of the molecule is COc1cc(C)c(CN[C@H]2CCC[C@@]2(C)CO)cc1OC. The molecule has 0 amide bonds. The van der Waals surface area contributed by atoms with Crippen molar-refractivity contribution in [1.29, 1.82) is 0 Å². The quantitative estimate of drug-likeness (QED) is 0.846. The number of methoxy groups -OCH3 is 2. The highest BCUT2D eigenvalue weighted by atomic mass is 16.5. The molecule has 0 aliphatic heterocycles. The first-order valence-corrected chi connectivity index (χ1v) is 7.60. The maximum absolute atomic E-state index is 9.62. The fraction of sp³-hybridized carbons (Fsp3) is 0.647. The Bertz CT molecular complexity index is 489. The molecule has 1 fully saturated rings. The first-order valence-electron chi connectivity index (χ1n) is 7.60. The zero-order chi connectivity index (χ0) is 15.5. The van der Waals surface area contributed by atoms with Crippen molar-refractivity contribution in [2.75, 3.05) is 20.8 Å². The lowest BCUT2D eigenvalue weighted by molar-refractivity contribution is 0.118. The number of aryl methyl sites for hydroxylation is 1. The van der Waals surface area contributed by atoms with Crippen molar-refractivity contribution in [2.45, 2.75) is 45.7 Å². The number of hydrogen-bond donors (Lipinski definition) is 2. The number of nitrogens with one attached hydrogen (secondary N) is 1. The molecule has 21 heavy (non-hydrogen) atoms. The summed E-state index contributed by atoms with van der Waals surface area (Å²) in [6.07, 6.45) is 3.40. The van der Waals surface area contributed by atoms with E-state index in [1.165, 1.54) is 17.5 Å². The average molecular weight is 293 g/mol. The zero-order valence-electron chi connectivity index (χ0n) is 13.5. The lowest BCUT2D eigenvalue weighted by atomic mass is 9.85. The molecule has 1 aliphatic carbocycles. The number of rotatable bonds is 6. The Hall–Kier alpha value is -1.26. The van der Waals surface area contributed by atoms with Crippen molar-refractivity contribution in [3.8, 4) is 11.5 Å². The molecular formula is C17H27NO3. The van der Waals surface area contributed by atoms with Gasteiger partial charge in [0.05, 0.1) is 14.2 Å². The van der Waals surface area contributed by atoms with Gasteiger partial charge in [-0.3, -0.25) is 0 Å². The highest BCUT2D eigenvalue weighted by Crippen LogP contribution is 2.38. The molecule has 0 spiro atoms. The summed E-state index contributed by atoms with van der Waals surface area (Å²) in [6, 6.07) is 4.41. The number of ether oxygens (including phenoxy) is 2. The van der Waals surface area contributed by atoms with Crippen LogP contribution in [-0.2, 0) is 6.54 Å². The van der Waals surface area contributed by atoms with Crippen LogP contribution in [0.2, 0.25) is 0 Å². The first-order chi connectivity index (χ1) is 10.0. The van der Waals surface area contributed by atoms with Gasteiger partial charge in [0, 0.05) is 24.6 Å². The van der Waals surface area contributed by atoms with E-state index in [4.69, 9.17) is 9.47 Å². The zero-order valence-corrected chi connectivity index (χ0v) is 13.5. The lowest BCUT2D eigenvalue weighted by Gasteiger charge is -2.30. The van der Waals surface area contributed by atoms with Crippen LogP contribution in [-0.4, -0.2) is 32.0 Å². The smallest absolute Gasteiger partial charge is 0.161 e. The van der Waals surface area contributed by atoms with Crippen molar-refractivity contribution in [3.05, 3.63) is 23.3 Å². The van der Waals surface area contributed by atoms with Gasteiger partial charge in [0.2, 0.25) is 0 Å². The van der Waals surface area contributed by atoms with Crippen molar-refractivity contribution >= 4 is 0 Å². The van der Waals surface area contributed by atoms with Gasteiger partial charge in [-0.15, -0.1) is 0 Å². The molecule has 0 aromatic heterocycles. The van der Waals surface area contributed by atoms with Crippen LogP contribution < -0.4 is 14.8 Å². The standard InChI is InChI=1S/C17H27NO3/c1-12-8-14(20-3)15(21-4)9-13(12)10-18-16-6-5-7-17(16,2)11-19/h8-9,16,18-19H,5-7,10-11H2,1-4H3/t16-,17-/m0/s1. The molecule has 118 valence electrons. The number of hydrogen-bond acceptors (Lipinski definition) is 4. The minimum absolute atomic E-state index is 0.00443. The van der Waals surface area contributed by atoms with E-state index in [1.807, 2.05) is 12.1 Å². The van der Waals surface area contributed by atoms with Crippen LogP contribution in [0.3, 0.4) is 0 Å². The van der Waals surface area contributed by atoms with E-state index in [0.29, 0.717) is 6.04 Å². The largest absolute Gasteiger partial charge is 0.493 e. The number of benzene rings is 1. The topological polar surface area (TPSA) is 50.7 Å². The maximum Gasteiger partial charge on any atom is 0.161 e. The molecule has 0 unspecified atom stereocenters. The van der Waals surface area contributed by atoms with Gasteiger partial charge in [0.1, 0.15) is 0 Å². The summed E-state index contributed by atoms with van der Waals surface area (Å²) in [6.45, 7) is 5.28. The fourth-order valence-electron chi connectivity index (χ4n) is 3.22. The van der Waals surface area contributed by atoms with Crippen molar-refractivity contribution < 1.29 is 14.6 Å². The Morgan fingerprint density at radius 2 is 1.95 bits per heavy atom. The molecule has 0 radical (unpaired) electrons. The molecule has 0 heterocycles. The van der Waals surface area contributed by atoms with Crippen LogP contribution in [0.1, 0.15) is 37.3 Å². The molecule has 2 atom stereocenters. The molecule has 4 nitrogen and oxygen atoms in total. The molecule has 0 saturated heterocycles. The number of aliphatic hydroxyl groups is 1. The van der Waals surface area contributed by atoms with Crippen LogP contribution >= 0.6 is 0 Å². The third-order valence-electron chi connectivity index (χ3n) is 4.82. The number of aliphatic hydroxyl groups excluding tert-OH is 1. The summed E-state index contributed by atoms with van der Waals surface area (Å²) in [4.78, 5) is 0.